The fraction of sp³-hybridized carbons (Fsp3) is 0.588. The van der Waals surface area contributed by atoms with Crippen molar-refractivity contribution in [3.05, 3.63) is 35.4 Å². The van der Waals surface area contributed by atoms with E-state index >= 15 is 0 Å². The average Bonchev–Trinajstić information content (AvgIpc) is 2.34. The molecule has 20 heavy (non-hydrogen) atoms. The molecule has 1 aromatic rings. The molecule has 0 aliphatic carbocycles. The van der Waals surface area contributed by atoms with Crippen molar-refractivity contribution in [3.8, 4) is 0 Å². The maximum absolute atomic E-state index is 12.2. The predicted octanol–water partition coefficient (Wildman–Crippen LogP) is 4.13. The molecule has 1 N–H and O–H groups in total. The number of aryl methyl sites for hydroxylation is 1. The second kappa shape index (κ2) is 6.78. The average molecular weight is 276 g/mol. The van der Waals surface area contributed by atoms with Crippen molar-refractivity contribution in [2.24, 2.45) is 5.41 Å². The summed E-state index contributed by atoms with van der Waals surface area (Å²) in [5.41, 5.74) is 2.51. The Morgan fingerprint density at radius 1 is 1.25 bits per heavy atom. The van der Waals surface area contributed by atoms with Crippen molar-refractivity contribution in [1.29, 1.82) is 0 Å². The highest BCUT2D eigenvalue weighted by molar-refractivity contribution is 5.74. The topological polar surface area (TPSA) is 32.3 Å². The third kappa shape index (κ3) is 5.24. The molecule has 0 bridgehead atoms. The Morgan fingerprint density at radius 2 is 1.80 bits per heavy atom. The number of benzene rings is 1. The molecule has 0 aromatic heterocycles. The molecule has 1 aromatic carbocycles. The van der Waals surface area contributed by atoms with Gasteiger partial charge in [-0.3, -0.25) is 0 Å². The van der Waals surface area contributed by atoms with Crippen molar-refractivity contribution >= 4 is 6.03 Å². The van der Waals surface area contributed by atoms with Gasteiger partial charge in [-0.15, -0.1) is 0 Å². The molecule has 1 atom stereocenters. The summed E-state index contributed by atoms with van der Waals surface area (Å²) in [7, 11) is 1.85. The predicted molar refractivity (Wildman–Crippen MR) is 84.8 cm³/mol. The van der Waals surface area contributed by atoms with E-state index in [0.29, 0.717) is 0 Å². The van der Waals surface area contributed by atoms with Crippen molar-refractivity contribution in [2.75, 3.05) is 13.6 Å². The lowest BCUT2D eigenvalue weighted by Gasteiger charge is -2.28. The van der Waals surface area contributed by atoms with E-state index in [2.05, 4.69) is 64.2 Å². The van der Waals surface area contributed by atoms with E-state index in [1.165, 1.54) is 5.56 Å². The number of nitrogens with one attached hydrogen (secondary N) is 1. The fourth-order valence-corrected chi connectivity index (χ4v) is 2.26. The van der Waals surface area contributed by atoms with Gasteiger partial charge in [-0.05, 0) is 24.3 Å². The lowest BCUT2D eigenvalue weighted by Crippen LogP contribution is -2.42. The zero-order valence-electron chi connectivity index (χ0n) is 13.7. The van der Waals surface area contributed by atoms with Crippen molar-refractivity contribution < 1.29 is 4.79 Å². The summed E-state index contributed by atoms with van der Waals surface area (Å²) in [6.45, 7) is 11.3. The van der Waals surface area contributed by atoms with Gasteiger partial charge in [0.05, 0.1) is 6.04 Å². The Bertz CT molecular complexity index is 431. The minimum Gasteiger partial charge on any atom is -0.331 e. The Kier molecular flexibility index (Phi) is 5.61. The van der Waals surface area contributed by atoms with Crippen LogP contribution < -0.4 is 5.32 Å². The molecule has 0 radical (unpaired) electrons. The molecule has 0 saturated heterocycles. The second-order valence-corrected chi connectivity index (χ2v) is 6.74. The first-order valence-electron chi connectivity index (χ1n) is 7.31. The van der Waals surface area contributed by atoms with Crippen LogP contribution in [0.3, 0.4) is 0 Å². The third-order valence-electron chi connectivity index (χ3n) is 3.24. The Balaban J connectivity index is 2.68. The fourth-order valence-electron chi connectivity index (χ4n) is 2.26. The Morgan fingerprint density at radius 3 is 2.25 bits per heavy atom. The lowest BCUT2D eigenvalue weighted by molar-refractivity contribution is 0.184. The van der Waals surface area contributed by atoms with Crippen LogP contribution in [0.25, 0.3) is 0 Å². The number of hydrogen-bond acceptors (Lipinski definition) is 1. The molecule has 0 heterocycles. The minimum absolute atomic E-state index is 0.00708. The van der Waals surface area contributed by atoms with E-state index in [4.69, 9.17) is 0 Å². The standard InChI is InChI=1S/C17H28N2O/c1-7-15(14-10-8-13(2)9-11-14)18-16(20)19(6)12-17(3,4)5/h8-11,15H,7,12H2,1-6H3,(H,18,20). The number of rotatable bonds is 4. The molecule has 3 heteroatoms. The molecular weight excluding hydrogens is 248 g/mol. The molecule has 0 aliphatic rings. The van der Waals surface area contributed by atoms with Crippen LogP contribution >= 0.6 is 0 Å². The van der Waals surface area contributed by atoms with E-state index < -0.39 is 0 Å². The SMILES string of the molecule is CCC(NC(=O)N(C)CC(C)(C)C)c1ccc(C)cc1. The van der Waals surface area contributed by atoms with Crippen LogP contribution in [0.15, 0.2) is 24.3 Å². The Hall–Kier alpha value is -1.51. The molecule has 0 fully saturated rings. The lowest BCUT2D eigenvalue weighted by atomic mass is 9.96. The van der Waals surface area contributed by atoms with Gasteiger partial charge in [0.15, 0.2) is 0 Å². The van der Waals surface area contributed by atoms with Gasteiger partial charge in [0.25, 0.3) is 0 Å². The molecule has 0 spiro atoms. The summed E-state index contributed by atoms with van der Waals surface area (Å²) in [5.74, 6) is 0. The summed E-state index contributed by atoms with van der Waals surface area (Å²) >= 11 is 0. The van der Waals surface area contributed by atoms with Crippen LogP contribution in [0.2, 0.25) is 0 Å². The minimum atomic E-state index is -0.00708. The smallest absolute Gasteiger partial charge is 0.317 e. The van der Waals surface area contributed by atoms with Crippen LogP contribution in [0.5, 0.6) is 0 Å². The number of hydrogen-bond donors (Lipinski definition) is 1. The molecule has 0 aliphatic heterocycles. The number of nitrogens with zero attached hydrogens (tertiary/aromatic N) is 1. The monoisotopic (exact) mass is 276 g/mol. The van der Waals surface area contributed by atoms with Gasteiger partial charge in [-0.1, -0.05) is 57.5 Å². The summed E-state index contributed by atoms with van der Waals surface area (Å²) in [5, 5.41) is 3.11. The summed E-state index contributed by atoms with van der Waals surface area (Å²) in [6, 6.07) is 8.42. The van der Waals surface area contributed by atoms with Crippen molar-refractivity contribution in [1.82, 2.24) is 10.2 Å². The van der Waals surface area contributed by atoms with Crippen LogP contribution in [-0.2, 0) is 0 Å². The maximum Gasteiger partial charge on any atom is 0.317 e. The van der Waals surface area contributed by atoms with Gasteiger partial charge >= 0.3 is 6.03 Å². The highest BCUT2D eigenvalue weighted by Crippen LogP contribution is 2.18. The Labute approximate surface area is 123 Å². The van der Waals surface area contributed by atoms with Crippen molar-refractivity contribution in [3.63, 3.8) is 0 Å². The summed E-state index contributed by atoms with van der Waals surface area (Å²) in [6.07, 6.45) is 0.887. The van der Waals surface area contributed by atoms with E-state index in [-0.39, 0.29) is 17.5 Å². The number of carbonyl (C=O) groups is 1. The molecule has 1 unspecified atom stereocenters. The third-order valence-corrected chi connectivity index (χ3v) is 3.24. The zero-order chi connectivity index (χ0) is 15.3. The van der Waals surface area contributed by atoms with E-state index in [1.54, 1.807) is 4.90 Å². The number of carbonyl (C=O) groups excluding carboxylic acids is 1. The molecule has 1 rings (SSSR count). The number of amides is 2. The molecule has 112 valence electrons. The van der Waals surface area contributed by atoms with E-state index in [9.17, 15) is 4.79 Å². The van der Waals surface area contributed by atoms with Gasteiger partial charge in [-0.2, -0.15) is 0 Å². The quantitative estimate of drug-likeness (QED) is 0.881. The van der Waals surface area contributed by atoms with Gasteiger partial charge in [-0.25, -0.2) is 4.79 Å². The van der Waals surface area contributed by atoms with Crippen LogP contribution in [0.1, 0.15) is 51.3 Å². The molecule has 2 amide bonds. The first kappa shape index (κ1) is 16.5. The van der Waals surface area contributed by atoms with Crippen LogP contribution in [0, 0.1) is 12.3 Å². The first-order chi connectivity index (χ1) is 9.23. The van der Waals surface area contributed by atoms with Crippen molar-refractivity contribution in [2.45, 2.75) is 47.1 Å². The van der Waals surface area contributed by atoms with E-state index in [0.717, 1.165) is 18.5 Å². The van der Waals surface area contributed by atoms with E-state index in [1.807, 2.05) is 7.05 Å². The van der Waals surface area contributed by atoms with Gasteiger partial charge in [0.2, 0.25) is 0 Å². The van der Waals surface area contributed by atoms with Crippen LogP contribution in [-0.4, -0.2) is 24.5 Å². The second-order valence-electron chi connectivity index (χ2n) is 6.74. The summed E-state index contributed by atoms with van der Waals surface area (Å²) < 4.78 is 0. The largest absolute Gasteiger partial charge is 0.331 e. The highest BCUT2D eigenvalue weighted by atomic mass is 16.2. The zero-order valence-corrected chi connectivity index (χ0v) is 13.7. The van der Waals surface area contributed by atoms with Gasteiger partial charge in [0.1, 0.15) is 0 Å². The molecular formula is C17H28N2O. The van der Waals surface area contributed by atoms with Crippen LogP contribution in [0.4, 0.5) is 4.79 Å². The normalized spacial score (nSPS) is 12.9. The summed E-state index contributed by atoms with van der Waals surface area (Å²) in [4.78, 5) is 14.0. The highest BCUT2D eigenvalue weighted by Gasteiger charge is 2.20. The molecule has 0 saturated carbocycles. The molecule has 3 nitrogen and oxygen atoms in total. The maximum atomic E-state index is 12.2. The number of urea groups is 1. The van der Waals surface area contributed by atoms with Gasteiger partial charge < -0.3 is 10.2 Å². The van der Waals surface area contributed by atoms with Gasteiger partial charge in [0, 0.05) is 13.6 Å². The first-order valence-corrected chi connectivity index (χ1v) is 7.31.